The van der Waals surface area contributed by atoms with E-state index in [0.717, 1.165) is 11.1 Å². The molecule has 0 atom stereocenters. The second-order valence-electron chi connectivity index (χ2n) is 6.07. The lowest BCUT2D eigenvalue weighted by molar-refractivity contribution is -0.135. The van der Waals surface area contributed by atoms with Crippen LogP contribution in [0, 0.1) is 0 Å². The third kappa shape index (κ3) is 3.22. The Balaban J connectivity index is 1.84. The van der Waals surface area contributed by atoms with Crippen LogP contribution >= 0.6 is 0 Å². The van der Waals surface area contributed by atoms with Crippen LogP contribution in [0.15, 0.2) is 60.7 Å². The van der Waals surface area contributed by atoms with Gasteiger partial charge in [-0.15, -0.1) is 0 Å². The fraction of sp³-hybridized carbons (Fsp3) is 0.316. The molecule has 5 heteroatoms. The highest BCUT2D eigenvalue weighted by molar-refractivity contribution is 7.92. The second kappa shape index (κ2) is 6.77. The van der Waals surface area contributed by atoms with Crippen LogP contribution in [0.25, 0.3) is 0 Å². The fourth-order valence-corrected chi connectivity index (χ4v) is 4.32. The minimum absolute atomic E-state index is 0.0325. The lowest BCUT2D eigenvalue weighted by atomic mass is 9.89. The van der Waals surface area contributed by atoms with Crippen molar-refractivity contribution in [3.8, 4) is 0 Å². The number of hydrogen-bond acceptors (Lipinski definition) is 3. The van der Waals surface area contributed by atoms with Gasteiger partial charge in [0.25, 0.3) is 0 Å². The minimum atomic E-state index is -3.08. The molecule has 0 aromatic heterocycles. The Labute approximate surface area is 143 Å². The maximum absolute atomic E-state index is 13.0. The summed E-state index contributed by atoms with van der Waals surface area (Å²) >= 11 is 0. The lowest BCUT2D eigenvalue weighted by Crippen LogP contribution is -2.58. The van der Waals surface area contributed by atoms with Gasteiger partial charge in [0.15, 0.2) is 9.84 Å². The molecule has 0 N–H and O–H groups in total. The molecule has 1 fully saturated rings. The second-order valence-corrected chi connectivity index (χ2v) is 8.64. The number of sulfone groups is 1. The molecule has 3 rings (SSSR count). The maximum atomic E-state index is 13.0. The standard InChI is InChI=1S/C19H21NO3S/c1-2-24(22,23)17-13-20(14-17)19(21)18(15-9-5-3-6-10-15)16-11-7-4-8-12-16/h3-12,17-18H,2,13-14H2,1H3. The molecule has 1 aliphatic rings. The molecule has 1 heterocycles. The molecule has 1 aliphatic heterocycles. The molecule has 1 saturated heterocycles. The van der Waals surface area contributed by atoms with Crippen molar-refractivity contribution in [2.24, 2.45) is 0 Å². The summed E-state index contributed by atoms with van der Waals surface area (Å²) in [4.78, 5) is 14.7. The molecule has 0 saturated carbocycles. The summed E-state index contributed by atoms with van der Waals surface area (Å²) in [6, 6.07) is 19.3. The summed E-state index contributed by atoms with van der Waals surface area (Å²) in [6.07, 6.45) is 0. The van der Waals surface area contributed by atoms with Gasteiger partial charge in [0.1, 0.15) is 0 Å². The van der Waals surface area contributed by atoms with Gasteiger partial charge in [-0.3, -0.25) is 4.79 Å². The van der Waals surface area contributed by atoms with Crippen LogP contribution in [-0.2, 0) is 14.6 Å². The first-order chi connectivity index (χ1) is 11.5. The Bertz CT molecular complexity index is 758. The average Bonchev–Trinajstić information content (AvgIpc) is 2.55. The lowest BCUT2D eigenvalue weighted by Gasteiger charge is -2.40. The van der Waals surface area contributed by atoms with Gasteiger partial charge in [0.05, 0.1) is 11.2 Å². The molecular formula is C19H21NO3S. The molecule has 126 valence electrons. The van der Waals surface area contributed by atoms with E-state index >= 15 is 0 Å². The maximum Gasteiger partial charge on any atom is 0.234 e. The van der Waals surface area contributed by atoms with Crippen LogP contribution in [0.4, 0.5) is 0 Å². The monoisotopic (exact) mass is 343 g/mol. The molecule has 0 spiro atoms. The van der Waals surface area contributed by atoms with Gasteiger partial charge in [-0.1, -0.05) is 67.6 Å². The number of carbonyl (C=O) groups is 1. The smallest absolute Gasteiger partial charge is 0.234 e. The Morgan fingerprint density at radius 3 is 1.88 bits per heavy atom. The van der Waals surface area contributed by atoms with Crippen LogP contribution in [0.2, 0.25) is 0 Å². The van der Waals surface area contributed by atoms with Crippen molar-refractivity contribution in [3.05, 3.63) is 71.8 Å². The van der Waals surface area contributed by atoms with Crippen molar-refractivity contribution >= 4 is 15.7 Å². The van der Waals surface area contributed by atoms with E-state index in [4.69, 9.17) is 0 Å². The van der Waals surface area contributed by atoms with E-state index in [9.17, 15) is 13.2 Å². The Morgan fingerprint density at radius 2 is 1.46 bits per heavy atom. The highest BCUT2D eigenvalue weighted by Gasteiger charge is 2.41. The first-order valence-electron chi connectivity index (χ1n) is 8.13. The van der Waals surface area contributed by atoms with Crippen LogP contribution in [0.5, 0.6) is 0 Å². The summed E-state index contributed by atoms with van der Waals surface area (Å²) in [7, 11) is -3.08. The molecule has 0 aliphatic carbocycles. The number of rotatable bonds is 5. The van der Waals surface area contributed by atoms with Crippen molar-refractivity contribution < 1.29 is 13.2 Å². The van der Waals surface area contributed by atoms with Crippen LogP contribution in [-0.4, -0.2) is 43.3 Å². The molecule has 0 unspecified atom stereocenters. The van der Waals surface area contributed by atoms with Gasteiger partial charge in [0, 0.05) is 18.8 Å². The summed E-state index contributed by atoms with van der Waals surface area (Å²) in [5, 5.41) is -0.418. The number of hydrogen-bond donors (Lipinski definition) is 0. The number of benzene rings is 2. The summed E-state index contributed by atoms with van der Waals surface area (Å²) in [5.41, 5.74) is 1.85. The zero-order chi connectivity index (χ0) is 17.2. The molecular weight excluding hydrogens is 322 g/mol. The van der Waals surface area contributed by atoms with E-state index in [2.05, 4.69) is 0 Å². The van der Waals surface area contributed by atoms with E-state index < -0.39 is 21.0 Å². The van der Waals surface area contributed by atoms with Crippen molar-refractivity contribution in [1.82, 2.24) is 4.90 Å². The zero-order valence-electron chi connectivity index (χ0n) is 13.6. The molecule has 2 aromatic rings. The zero-order valence-corrected chi connectivity index (χ0v) is 14.4. The van der Waals surface area contributed by atoms with E-state index in [1.54, 1.807) is 11.8 Å². The number of amides is 1. The topological polar surface area (TPSA) is 54.5 Å². The third-order valence-corrected chi connectivity index (χ3v) is 6.70. The van der Waals surface area contributed by atoms with Crippen LogP contribution in [0.3, 0.4) is 0 Å². The Hall–Kier alpha value is -2.14. The van der Waals surface area contributed by atoms with E-state index in [-0.39, 0.29) is 11.7 Å². The van der Waals surface area contributed by atoms with Crippen molar-refractivity contribution in [2.45, 2.75) is 18.1 Å². The van der Waals surface area contributed by atoms with Crippen LogP contribution in [0.1, 0.15) is 24.0 Å². The third-order valence-electron chi connectivity index (χ3n) is 4.58. The molecule has 4 nitrogen and oxygen atoms in total. The molecule has 0 radical (unpaired) electrons. The predicted octanol–water partition coefficient (Wildman–Crippen LogP) is 2.46. The molecule has 0 bridgehead atoms. The van der Waals surface area contributed by atoms with E-state index in [0.29, 0.717) is 13.1 Å². The van der Waals surface area contributed by atoms with Gasteiger partial charge in [-0.2, -0.15) is 0 Å². The highest BCUT2D eigenvalue weighted by atomic mass is 32.2. The molecule has 1 amide bonds. The number of carbonyl (C=O) groups excluding carboxylic acids is 1. The van der Waals surface area contributed by atoms with Gasteiger partial charge in [0.2, 0.25) is 5.91 Å². The quantitative estimate of drug-likeness (QED) is 0.838. The van der Waals surface area contributed by atoms with E-state index in [1.165, 1.54) is 0 Å². The number of likely N-dealkylation sites (tertiary alicyclic amines) is 1. The first kappa shape index (κ1) is 16.7. The van der Waals surface area contributed by atoms with Crippen molar-refractivity contribution in [2.75, 3.05) is 18.8 Å². The Morgan fingerprint density at radius 1 is 1.00 bits per heavy atom. The number of nitrogens with zero attached hydrogens (tertiary/aromatic N) is 1. The first-order valence-corrected chi connectivity index (χ1v) is 9.84. The summed E-state index contributed by atoms with van der Waals surface area (Å²) in [6.45, 7) is 2.24. The average molecular weight is 343 g/mol. The predicted molar refractivity (Wildman–Crippen MR) is 94.6 cm³/mol. The summed E-state index contributed by atoms with van der Waals surface area (Å²) in [5.74, 6) is -0.298. The van der Waals surface area contributed by atoms with Crippen molar-refractivity contribution in [1.29, 1.82) is 0 Å². The SMILES string of the molecule is CCS(=O)(=O)C1CN(C(=O)C(c2ccccc2)c2ccccc2)C1. The minimum Gasteiger partial charge on any atom is -0.339 e. The van der Waals surface area contributed by atoms with Gasteiger partial charge >= 0.3 is 0 Å². The normalized spacial score (nSPS) is 15.3. The van der Waals surface area contributed by atoms with Gasteiger partial charge < -0.3 is 4.90 Å². The molecule has 24 heavy (non-hydrogen) atoms. The largest absolute Gasteiger partial charge is 0.339 e. The fourth-order valence-electron chi connectivity index (χ4n) is 3.03. The van der Waals surface area contributed by atoms with Gasteiger partial charge in [-0.25, -0.2) is 8.42 Å². The highest BCUT2D eigenvalue weighted by Crippen LogP contribution is 2.29. The molecule has 2 aromatic carbocycles. The van der Waals surface area contributed by atoms with Crippen LogP contribution < -0.4 is 0 Å². The van der Waals surface area contributed by atoms with Crippen molar-refractivity contribution in [3.63, 3.8) is 0 Å². The van der Waals surface area contributed by atoms with Gasteiger partial charge in [-0.05, 0) is 11.1 Å². The summed E-state index contributed by atoms with van der Waals surface area (Å²) < 4.78 is 23.8. The van der Waals surface area contributed by atoms with E-state index in [1.807, 2.05) is 60.7 Å². The Kier molecular flexibility index (Phi) is 4.71.